The van der Waals surface area contributed by atoms with Crippen LogP contribution in [-0.4, -0.2) is 40.4 Å². The first-order chi connectivity index (χ1) is 14.5. The zero-order chi connectivity index (χ0) is 21.3. The summed E-state index contributed by atoms with van der Waals surface area (Å²) >= 11 is 0. The third-order valence-corrected chi connectivity index (χ3v) is 5.51. The van der Waals surface area contributed by atoms with Gasteiger partial charge in [0.05, 0.1) is 16.7 Å². The first-order valence-electron chi connectivity index (χ1n) is 10.1. The number of nitrogens with zero attached hydrogens (tertiary/aromatic N) is 3. The van der Waals surface area contributed by atoms with Crippen molar-refractivity contribution in [1.29, 1.82) is 5.41 Å². The molecule has 0 saturated carbocycles. The number of nitrogen functional groups attached to an aromatic ring is 1. The van der Waals surface area contributed by atoms with E-state index in [2.05, 4.69) is 28.7 Å². The molecule has 3 aromatic rings. The van der Waals surface area contributed by atoms with E-state index in [1.54, 1.807) is 6.07 Å². The van der Waals surface area contributed by atoms with E-state index in [0.29, 0.717) is 28.6 Å². The van der Waals surface area contributed by atoms with Crippen molar-refractivity contribution in [2.75, 3.05) is 23.7 Å². The van der Waals surface area contributed by atoms with Gasteiger partial charge in [-0.3, -0.25) is 0 Å². The van der Waals surface area contributed by atoms with Crippen LogP contribution in [0.25, 0.3) is 22.3 Å². The van der Waals surface area contributed by atoms with Gasteiger partial charge in [-0.25, -0.2) is 9.97 Å². The smallest absolute Gasteiger partial charge is 0.129 e. The lowest BCUT2D eigenvalue weighted by Gasteiger charge is -2.19. The molecule has 2 aromatic heterocycles. The van der Waals surface area contributed by atoms with Gasteiger partial charge in [0, 0.05) is 53.9 Å². The highest BCUT2D eigenvalue weighted by Gasteiger charge is 2.23. The van der Waals surface area contributed by atoms with Crippen molar-refractivity contribution in [2.24, 2.45) is 0 Å². The van der Waals surface area contributed by atoms with Crippen LogP contribution in [0.4, 0.5) is 11.5 Å². The van der Waals surface area contributed by atoms with Gasteiger partial charge in [-0.2, -0.15) is 0 Å². The van der Waals surface area contributed by atoms with E-state index in [9.17, 15) is 5.11 Å². The van der Waals surface area contributed by atoms with E-state index < -0.39 is 0 Å². The van der Waals surface area contributed by atoms with Crippen LogP contribution < -0.4 is 16.0 Å². The highest BCUT2D eigenvalue weighted by Crippen LogP contribution is 2.33. The molecule has 1 aliphatic rings. The summed E-state index contributed by atoms with van der Waals surface area (Å²) in [6.45, 7) is 7.99. The lowest BCUT2D eigenvalue weighted by atomic mass is 10.0. The molecule has 30 heavy (non-hydrogen) atoms. The van der Waals surface area contributed by atoms with Gasteiger partial charge >= 0.3 is 0 Å². The van der Waals surface area contributed by atoms with Crippen molar-refractivity contribution in [3.8, 4) is 17.0 Å². The molecule has 1 saturated heterocycles. The number of benzene rings is 1. The van der Waals surface area contributed by atoms with E-state index in [-0.39, 0.29) is 5.75 Å². The van der Waals surface area contributed by atoms with Crippen LogP contribution in [0.5, 0.6) is 5.75 Å². The molecule has 0 aliphatic carbocycles. The summed E-state index contributed by atoms with van der Waals surface area (Å²) in [5.41, 5.74) is 10.5. The zero-order valence-corrected chi connectivity index (χ0v) is 17.0. The molecule has 0 spiro atoms. The van der Waals surface area contributed by atoms with Crippen molar-refractivity contribution in [3.63, 3.8) is 0 Å². The Morgan fingerprint density at radius 2 is 2.07 bits per heavy atom. The second kappa shape index (κ2) is 8.02. The van der Waals surface area contributed by atoms with E-state index in [1.807, 2.05) is 24.3 Å². The molecular weight excluding hydrogens is 376 g/mol. The number of phenolic OH excluding ortho intramolecular Hbond substituents is 1. The summed E-state index contributed by atoms with van der Waals surface area (Å²) in [5.74, 6) is 0.976. The lowest BCUT2D eigenvalue weighted by molar-refractivity contribution is 0.477. The van der Waals surface area contributed by atoms with Crippen LogP contribution >= 0.6 is 0 Å². The molecule has 7 nitrogen and oxygen atoms in total. The second-order valence-corrected chi connectivity index (χ2v) is 7.58. The average Bonchev–Trinajstić information content (AvgIpc) is 3.21. The van der Waals surface area contributed by atoms with Gasteiger partial charge in [0.2, 0.25) is 0 Å². The summed E-state index contributed by atoms with van der Waals surface area (Å²) in [7, 11) is 0. The standard InChI is InChI=1S/C23H26N6O/c1-3-14(2)26-16-8-9-29(13-16)23-7-6-20-21(28-23)5-4-19(27-20)17-10-15(12-24)18(25)11-22(17)30/h4-7,10-12,16,24,26,30H,2-3,8-9,13,25H2,1H3. The number of nitrogens with one attached hydrogen (secondary N) is 2. The van der Waals surface area contributed by atoms with Gasteiger partial charge in [0.1, 0.15) is 11.6 Å². The Labute approximate surface area is 175 Å². The van der Waals surface area contributed by atoms with Crippen LogP contribution in [0, 0.1) is 5.41 Å². The highest BCUT2D eigenvalue weighted by atomic mass is 16.3. The quantitative estimate of drug-likeness (QED) is 0.370. The fraction of sp³-hybridized carbons (Fsp3) is 0.261. The number of allylic oxidation sites excluding steroid dienone is 1. The largest absolute Gasteiger partial charge is 0.507 e. The number of aromatic nitrogens is 2. The average molecular weight is 403 g/mol. The maximum atomic E-state index is 10.3. The van der Waals surface area contributed by atoms with Crippen molar-refractivity contribution in [2.45, 2.75) is 25.8 Å². The Kier molecular flexibility index (Phi) is 5.27. The Morgan fingerprint density at radius 3 is 2.83 bits per heavy atom. The fourth-order valence-corrected chi connectivity index (χ4v) is 3.75. The van der Waals surface area contributed by atoms with Gasteiger partial charge in [-0.1, -0.05) is 13.5 Å². The van der Waals surface area contributed by atoms with E-state index in [0.717, 1.165) is 48.5 Å². The molecule has 154 valence electrons. The number of hydrogen-bond acceptors (Lipinski definition) is 7. The molecule has 7 heteroatoms. The zero-order valence-electron chi connectivity index (χ0n) is 17.0. The monoisotopic (exact) mass is 402 g/mol. The van der Waals surface area contributed by atoms with Crippen LogP contribution in [0.15, 0.2) is 48.7 Å². The van der Waals surface area contributed by atoms with E-state index in [4.69, 9.17) is 16.1 Å². The van der Waals surface area contributed by atoms with Crippen LogP contribution in [-0.2, 0) is 0 Å². The van der Waals surface area contributed by atoms with Crippen molar-refractivity contribution >= 4 is 28.8 Å². The van der Waals surface area contributed by atoms with E-state index >= 15 is 0 Å². The summed E-state index contributed by atoms with van der Waals surface area (Å²) in [6, 6.07) is 11.2. The summed E-state index contributed by atoms with van der Waals surface area (Å²) < 4.78 is 0. The molecule has 1 aliphatic heterocycles. The van der Waals surface area contributed by atoms with E-state index in [1.165, 1.54) is 12.3 Å². The second-order valence-electron chi connectivity index (χ2n) is 7.58. The minimum atomic E-state index is 0.0406. The number of rotatable bonds is 6. The molecule has 1 atom stereocenters. The Bertz CT molecular complexity index is 1130. The Hall–Kier alpha value is -3.61. The predicted octanol–water partition coefficient (Wildman–Crippen LogP) is 3.67. The van der Waals surface area contributed by atoms with Gasteiger partial charge in [-0.05, 0) is 43.2 Å². The molecule has 1 aromatic carbocycles. The molecular formula is C23H26N6O. The molecule has 3 heterocycles. The number of aromatic hydroxyl groups is 1. The predicted molar refractivity (Wildman–Crippen MR) is 122 cm³/mol. The van der Waals surface area contributed by atoms with Crippen molar-refractivity contribution in [1.82, 2.24) is 15.3 Å². The third-order valence-electron chi connectivity index (χ3n) is 5.51. The Balaban J connectivity index is 1.60. The molecule has 5 N–H and O–H groups in total. The fourth-order valence-electron chi connectivity index (χ4n) is 3.75. The number of phenols is 1. The molecule has 1 unspecified atom stereocenters. The van der Waals surface area contributed by atoms with Gasteiger partial charge in [0.15, 0.2) is 0 Å². The maximum absolute atomic E-state index is 10.3. The molecule has 1 fully saturated rings. The normalized spacial score (nSPS) is 16.0. The van der Waals surface area contributed by atoms with Crippen molar-refractivity contribution < 1.29 is 5.11 Å². The van der Waals surface area contributed by atoms with Crippen LogP contribution in [0.1, 0.15) is 25.3 Å². The minimum absolute atomic E-state index is 0.0406. The SMILES string of the molecule is C=C(CC)NC1CCN(c2ccc3nc(-c4cc(C=N)c(N)cc4O)ccc3n2)C1. The van der Waals surface area contributed by atoms with Crippen LogP contribution in [0.3, 0.4) is 0 Å². The first-order valence-corrected chi connectivity index (χ1v) is 10.1. The summed E-state index contributed by atoms with van der Waals surface area (Å²) in [6.07, 6.45) is 3.16. The van der Waals surface area contributed by atoms with Crippen molar-refractivity contribution in [3.05, 3.63) is 54.2 Å². The lowest BCUT2D eigenvalue weighted by Crippen LogP contribution is -2.31. The number of nitrogens with two attached hydrogens (primary N) is 1. The number of hydrogen-bond donors (Lipinski definition) is 4. The van der Waals surface area contributed by atoms with Gasteiger partial charge in [0.25, 0.3) is 0 Å². The van der Waals surface area contributed by atoms with Crippen LogP contribution in [0.2, 0.25) is 0 Å². The first kappa shape index (κ1) is 19.7. The highest BCUT2D eigenvalue weighted by molar-refractivity contribution is 5.90. The molecule has 0 radical (unpaired) electrons. The maximum Gasteiger partial charge on any atom is 0.129 e. The van der Waals surface area contributed by atoms with Gasteiger partial charge < -0.3 is 26.5 Å². The number of anilines is 2. The molecule has 0 bridgehead atoms. The van der Waals surface area contributed by atoms with Gasteiger partial charge in [-0.15, -0.1) is 0 Å². The summed E-state index contributed by atoms with van der Waals surface area (Å²) in [4.78, 5) is 11.7. The minimum Gasteiger partial charge on any atom is -0.507 e. The molecule has 4 rings (SSSR count). The topological polar surface area (TPSA) is 111 Å². The third kappa shape index (κ3) is 3.78. The number of pyridine rings is 2. The number of fused-ring (bicyclic) bond motifs is 1. The molecule has 0 amide bonds. The summed E-state index contributed by atoms with van der Waals surface area (Å²) in [5, 5.41) is 21.3. The Morgan fingerprint density at radius 1 is 1.30 bits per heavy atom.